The average Bonchev–Trinajstić information content (AvgIpc) is 3.28. The van der Waals surface area contributed by atoms with E-state index in [4.69, 9.17) is 0 Å². The first-order valence-corrected chi connectivity index (χ1v) is 12.1. The molecular formula is C27H28N2O5. The molecule has 2 aromatic carbocycles. The number of hydrogen-bond acceptors (Lipinski definition) is 4. The SMILES string of the molecule is O=C(O)c1ccc2c(C3CCCCC3)c3n(c2c1)CCCN1C(=O)[C@](O)(CO)c2cccc-3c21. The molecule has 3 heterocycles. The fourth-order valence-electron chi connectivity index (χ4n) is 6.39. The van der Waals surface area contributed by atoms with Gasteiger partial charge in [-0.3, -0.25) is 4.79 Å². The minimum atomic E-state index is -1.94. The predicted octanol–water partition coefficient (Wildman–Crippen LogP) is 3.98. The van der Waals surface area contributed by atoms with Crippen LogP contribution in [0, 0.1) is 0 Å². The number of aryl methyl sites for hydroxylation is 1. The number of carboxylic acids is 1. The van der Waals surface area contributed by atoms with Crippen LogP contribution in [0.5, 0.6) is 0 Å². The van der Waals surface area contributed by atoms with Gasteiger partial charge in [0.25, 0.3) is 5.91 Å². The molecule has 7 nitrogen and oxygen atoms in total. The normalized spacial score (nSPS) is 22.4. The highest BCUT2D eigenvalue weighted by Crippen LogP contribution is 2.51. The summed E-state index contributed by atoms with van der Waals surface area (Å²) in [6.07, 6.45) is 6.34. The van der Waals surface area contributed by atoms with Gasteiger partial charge in [0, 0.05) is 35.1 Å². The molecule has 1 atom stereocenters. The Morgan fingerprint density at radius 1 is 1.06 bits per heavy atom. The highest BCUT2D eigenvalue weighted by atomic mass is 16.4. The van der Waals surface area contributed by atoms with Gasteiger partial charge >= 0.3 is 5.97 Å². The van der Waals surface area contributed by atoms with Crippen molar-refractivity contribution in [3.8, 4) is 11.3 Å². The zero-order valence-electron chi connectivity index (χ0n) is 19.0. The van der Waals surface area contributed by atoms with E-state index >= 15 is 0 Å². The minimum absolute atomic E-state index is 0.259. The lowest BCUT2D eigenvalue weighted by molar-refractivity contribution is -0.140. The van der Waals surface area contributed by atoms with Gasteiger partial charge in [0.2, 0.25) is 0 Å². The minimum Gasteiger partial charge on any atom is -0.478 e. The Hall–Kier alpha value is -3.16. The van der Waals surface area contributed by atoms with Crippen molar-refractivity contribution in [1.29, 1.82) is 0 Å². The molecule has 1 aromatic heterocycles. The van der Waals surface area contributed by atoms with Crippen molar-refractivity contribution in [2.24, 2.45) is 0 Å². The smallest absolute Gasteiger partial charge is 0.335 e. The quantitative estimate of drug-likeness (QED) is 0.549. The number of amides is 1. The number of rotatable bonds is 3. The largest absolute Gasteiger partial charge is 0.478 e. The second-order valence-electron chi connectivity index (χ2n) is 9.82. The number of carbonyl (C=O) groups is 2. The molecule has 2 aliphatic heterocycles. The highest BCUT2D eigenvalue weighted by Gasteiger charge is 2.51. The van der Waals surface area contributed by atoms with Gasteiger partial charge < -0.3 is 24.8 Å². The molecule has 3 aliphatic rings. The van der Waals surface area contributed by atoms with E-state index < -0.39 is 24.1 Å². The van der Waals surface area contributed by atoms with Gasteiger partial charge in [-0.2, -0.15) is 0 Å². The van der Waals surface area contributed by atoms with Crippen LogP contribution < -0.4 is 4.90 Å². The van der Waals surface area contributed by atoms with Crippen LogP contribution in [0.3, 0.4) is 0 Å². The molecular weight excluding hydrogens is 432 g/mol. The van der Waals surface area contributed by atoms with Crippen molar-refractivity contribution in [2.45, 2.75) is 56.6 Å². The van der Waals surface area contributed by atoms with Crippen molar-refractivity contribution in [1.82, 2.24) is 4.57 Å². The first-order chi connectivity index (χ1) is 16.5. The van der Waals surface area contributed by atoms with E-state index in [1.54, 1.807) is 23.1 Å². The molecule has 1 saturated carbocycles. The Labute approximate surface area is 197 Å². The van der Waals surface area contributed by atoms with Crippen LogP contribution in [0.25, 0.3) is 22.2 Å². The maximum absolute atomic E-state index is 13.2. The van der Waals surface area contributed by atoms with Gasteiger partial charge in [-0.15, -0.1) is 0 Å². The summed E-state index contributed by atoms with van der Waals surface area (Å²) in [6, 6.07) is 10.9. The first kappa shape index (κ1) is 21.4. The summed E-state index contributed by atoms with van der Waals surface area (Å²) in [4.78, 5) is 26.6. The molecule has 6 rings (SSSR count). The Bertz CT molecular complexity index is 1340. The number of aliphatic hydroxyl groups is 2. The van der Waals surface area contributed by atoms with Crippen molar-refractivity contribution in [3.05, 3.63) is 53.1 Å². The van der Waals surface area contributed by atoms with E-state index in [1.165, 1.54) is 12.0 Å². The number of benzene rings is 2. The van der Waals surface area contributed by atoms with Crippen LogP contribution >= 0.6 is 0 Å². The second-order valence-corrected chi connectivity index (χ2v) is 9.82. The second kappa shape index (κ2) is 7.68. The number of anilines is 1. The number of para-hydroxylation sites is 1. The Balaban J connectivity index is 1.70. The summed E-state index contributed by atoms with van der Waals surface area (Å²) >= 11 is 0. The zero-order valence-corrected chi connectivity index (χ0v) is 19.0. The lowest BCUT2D eigenvalue weighted by atomic mass is 9.81. The topological polar surface area (TPSA) is 103 Å². The molecule has 1 amide bonds. The summed E-state index contributed by atoms with van der Waals surface area (Å²) in [6.45, 7) is 0.382. The van der Waals surface area contributed by atoms with E-state index in [1.807, 2.05) is 18.2 Å². The van der Waals surface area contributed by atoms with Crippen LogP contribution in [0.4, 0.5) is 5.69 Å². The molecule has 0 unspecified atom stereocenters. The van der Waals surface area contributed by atoms with Crippen LogP contribution in [0.1, 0.15) is 65.9 Å². The third-order valence-corrected chi connectivity index (χ3v) is 7.96. The van der Waals surface area contributed by atoms with E-state index in [0.29, 0.717) is 36.7 Å². The zero-order chi connectivity index (χ0) is 23.6. The van der Waals surface area contributed by atoms with Crippen LogP contribution in [0.2, 0.25) is 0 Å². The number of aromatic carboxylic acids is 1. The maximum Gasteiger partial charge on any atom is 0.335 e. The van der Waals surface area contributed by atoms with E-state index in [9.17, 15) is 24.9 Å². The van der Waals surface area contributed by atoms with Crippen LogP contribution in [-0.2, 0) is 16.9 Å². The van der Waals surface area contributed by atoms with Gasteiger partial charge in [-0.05, 0) is 42.9 Å². The van der Waals surface area contributed by atoms with Gasteiger partial charge in [-0.1, -0.05) is 43.5 Å². The monoisotopic (exact) mass is 460 g/mol. The van der Waals surface area contributed by atoms with Gasteiger partial charge in [0.1, 0.15) is 0 Å². The van der Waals surface area contributed by atoms with E-state index in [2.05, 4.69) is 4.57 Å². The first-order valence-electron chi connectivity index (χ1n) is 12.1. The number of fused-ring (bicyclic) bond motifs is 4. The molecule has 1 fully saturated rings. The van der Waals surface area contributed by atoms with Crippen LogP contribution in [0.15, 0.2) is 36.4 Å². The molecule has 34 heavy (non-hydrogen) atoms. The third-order valence-electron chi connectivity index (χ3n) is 7.96. The summed E-state index contributed by atoms with van der Waals surface area (Å²) in [5.41, 5.74) is 3.44. The van der Waals surface area contributed by atoms with E-state index in [0.717, 1.165) is 47.8 Å². The number of carboxylic acid groups (broad SMARTS) is 1. The van der Waals surface area contributed by atoms with Crippen molar-refractivity contribution >= 4 is 28.5 Å². The molecule has 3 N–H and O–H groups in total. The molecule has 0 radical (unpaired) electrons. The summed E-state index contributed by atoms with van der Waals surface area (Å²) in [5, 5.41) is 31.9. The lowest BCUT2D eigenvalue weighted by Gasteiger charge is -2.28. The molecule has 1 aliphatic carbocycles. The van der Waals surface area contributed by atoms with Crippen LogP contribution in [-0.4, -0.2) is 44.9 Å². The number of aliphatic hydroxyl groups excluding tert-OH is 1. The summed E-state index contributed by atoms with van der Waals surface area (Å²) < 4.78 is 2.22. The molecule has 3 aromatic rings. The number of carbonyl (C=O) groups excluding carboxylic acids is 1. The molecule has 176 valence electrons. The lowest BCUT2D eigenvalue weighted by Crippen LogP contribution is -2.43. The number of hydrogen-bond donors (Lipinski definition) is 3. The van der Waals surface area contributed by atoms with Crippen molar-refractivity contribution in [2.75, 3.05) is 18.1 Å². The fraction of sp³-hybridized carbons (Fsp3) is 0.407. The van der Waals surface area contributed by atoms with Gasteiger partial charge in [0.15, 0.2) is 5.60 Å². The maximum atomic E-state index is 13.2. The Morgan fingerprint density at radius 2 is 1.85 bits per heavy atom. The van der Waals surface area contributed by atoms with Gasteiger partial charge in [-0.25, -0.2) is 4.79 Å². The van der Waals surface area contributed by atoms with Crippen molar-refractivity contribution < 1.29 is 24.9 Å². The van der Waals surface area contributed by atoms with Crippen molar-refractivity contribution in [3.63, 3.8) is 0 Å². The summed E-state index contributed by atoms with van der Waals surface area (Å²) in [7, 11) is 0. The molecule has 0 bridgehead atoms. The molecule has 0 spiro atoms. The third kappa shape index (κ3) is 2.83. The molecule has 7 heteroatoms. The molecule has 0 saturated heterocycles. The number of aromatic nitrogens is 1. The highest BCUT2D eigenvalue weighted by molar-refractivity contribution is 6.11. The van der Waals surface area contributed by atoms with Gasteiger partial charge in [0.05, 0.1) is 23.6 Å². The number of nitrogens with zero attached hydrogens (tertiary/aromatic N) is 2. The average molecular weight is 461 g/mol. The van der Waals surface area contributed by atoms with E-state index in [-0.39, 0.29) is 5.56 Å². The fourth-order valence-corrected chi connectivity index (χ4v) is 6.39. The Morgan fingerprint density at radius 3 is 2.59 bits per heavy atom. The summed E-state index contributed by atoms with van der Waals surface area (Å²) in [5.74, 6) is -1.08. The predicted molar refractivity (Wildman–Crippen MR) is 128 cm³/mol. The standard InChI is InChI=1S/C27H28N2O5/c30-15-27(34)20-9-4-8-19-23(20)29(26(27)33)13-5-12-28-21-14-17(25(31)32)10-11-18(21)22(24(19)28)16-6-2-1-3-7-16/h4,8-11,14,16,30,34H,1-3,5-7,12-13,15H2,(H,31,32)/t27-/m0/s1. The Kier molecular flexibility index (Phi) is 4.83.